The van der Waals surface area contributed by atoms with Crippen molar-refractivity contribution in [1.82, 2.24) is 20.8 Å². The van der Waals surface area contributed by atoms with Crippen LogP contribution in [0.15, 0.2) is 22.7 Å². The van der Waals surface area contributed by atoms with Crippen LogP contribution in [0, 0.1) is 6.92 Å². The lowest BCUT2D eigenvalue weighted by Crippen LogP contribution is -2.37. The number of nitrogens with one attached hydrogen (secondary N) is 3. The molecular weight excluding hydrogens is 256 g/mol. The Balaban J connectivity index is 1.91. The number of furan rings is 1. The van der Waals surface area contributed by atoms with Crippen molar-refractivity contribution in [3.63, 3.8) is 0 Å². The normalized spacial score (nSPS) is 11.0. The molecule has 0 aliphatic heterocycles. The van der Waals surface area contributed by atoms with Gasteiger partial charge in [0.05, 0.1) is 12.7 Å². The predicted molar refractivity (Wildman–Crippen MR) is 76.0 cm³/mol. The molecule has 0 saturated carbocycles. The Morgan fingerprint density at radius 1 is 1.45 bits per heavy atom. The van der Waals surface area contributed by atoms with E-state index in [1.807, 2.05) is 32.9 Å². The molecule has 1 amide bonds. The number of hydrogen-bond acceptors (Lipinski definition) is 4. The summed E-state index contributed by atoms with van der Waals surface area (Å²) in [6, 6.07) is 3.96. The van der Waals surface area contributed by atoms with Gasteiger partial charge in [0.15, 0.2) is 5.76 Å². The van der Waals surface area contributed by atoms with E-state index in [2.05, 4.69) is 20.8 Å². The lowest BCUT2D eigenvalue weighted by atomic mass is 10.2. The number of aryl methyl sites for hydroxylation is 1. The average Bonchev–Trinajstić information content (AvgIpc) is 2.96. The molecule has 0 fully saturated rings. The van der Waals surface area contributed by atoms with Crippen molar-refractivity contribution in [3.8, 4) is 11.5 Å². The van der Waals surface area contributed by atoms with Gasteiger partial charge in [0.1, 0.15) is 11.5 Å². The Labute approximate surface area is 117 Å². The lowest BCUT2D eigenvalue weighted by molar-refractivity contribution is -0.120. The molecule has 2 rings (SSSR count). The summed E-state index contributed by atoms with van der Waals surface area (Å²) in [4.78, 5) is 11.5. The number of aromatic nitrogens is 2. The van der Waals surface area contributed by atoms with Crippen molar-refractivity contribution in [2.75, 3.05) is 6.54 Å². The van der Waals surface area contributed by atoms with Crippen LogP contribution in [0.3, 0.4) is 0 Å². The number of carbonyl (C=O) groups excluding carboxylic acids is 1. The van der Waals surface area contributed by atoms with Gasteiger partial charge in [-0.15, -0.1) is 0 Å². The van der Waals surface area contributed by atoms with Crippen LogP contribution < -0.4 is 10.6 Å². The SMILES string of the molecule is Cc1ccc(-c2[nH]ncc2CNCC(=O)NC(C)C)o1. The van der Waals surface area contributed by atoms with Crippen LogP contribution in [0.1, 0.15) is 25.2 Å². The van der Waals surface area contributed by atoms with E-state index in [0.29, 0.717) is 6.54 Å². The minimum atomic E-state index is -0.0149. The fraction of sp³-hybridized carbons (Fsp3) is 0.429. The molecule has 2 aromatic rings. The van der Waals surface area contributed by atoms with Gasteiger partial charge >= 0.3 is 0 Å². The van der Waals surface area contributed by atoms with Gasteiger partial charge < -0.3 is 15.1 Å². The molecule has 0 spiro atoms. The smallest absolute Gasteiger partial charge is 0.234 e. The topological polar surface area (TPSA) is 83.0 Å². The monoisotopic (exact) mass is 276 g/mol. The molecule has 0 atom stereocenters. The first-order chi connectivity index (χ1) is 9.56. The molecule has 6 heteroatoms. The molecule has 20 heavy (non-hydrogen) atoms. The van der Waals surface area contributed by atoms with Gasteiger partial charge in [0.25, 0.3) is 0 Å². The van der Waals surface area contributed by atoms with Gasteiger partial charge in [-0.1, -0.05) is 0 Å². The zero-order chi connectivity index (χ0) is 14.5. The third kappa shape index (κ3) is 3.71. The summed E-state index contributed by atoms with van der Waals surface area (Å²) in [6.07, 6.45) is 1.74. The van der Waals surface area contributed by atoms with Crippen LogP contribution in [-0.4, -0.2) is 28.7 Å². The summed E-state index contributed by atoms with van der Waals surface area (Å²) in [5, 5.41) is 12.9. The highest BCUT2D eigenvalue weighted by Gasteiger charge is 2.11. The van der Waals surface area contributed by atoms with Crippen molar-refractivity contribution >= 4 is 5.91 Å². The van der Waals surface area contributed by atoms with Crippen molar-refractivity contribution < 1.29 is 9.21 Å². The van der Waals surface area contributed by atoms with Crippen LogP contribution in [0.25, 0.3) is 11.5 Å². The second kappa shape index (κ2) is 6.38. The zero-order valence-electron chi connectivity index (χ0n) is 12.0. The Bertz CT molecular complexity index is 571. The van der Waals surface area contributed by atoms with Gasteiger partial charge in [0, 0.05) is 18.2 Å². The number of hydrogen-bond donors (Lipinski definition) is 3. The number of nitrogens with zero attached hydrogens (tertiary/aromatic N) is 1. The fourth-order valence-electron chi connectivity index (χ4n) is 1.91. The molecule has 6 nitrogen and oxygen atoms in total. The zero-order valence-corrected chi connectivity index (χ0v) is 12.0. The molecular formula is C14H20N4O2. The second-order valence-electron chi connectivity index (χ2n) is 5.01. The van der Waals surface area contributed by atoms with Gasteiger partial charge in [-0.05, 0) is 32.9 Å². The quantitative estimate of drug-likeness (QED) is 0.748. The molecule has 0 bridgehead atoms. The van der Waals surface area contributed by atoms with Crippen molar-refractivity contribution in [2.24, 2.45) is 0 Å². The number of amides is 1. The molecule has 2 heterocycles. The van der Waals surface area contributed by atoms with E-state index in [4.69, 9.17) is 4.42 Å². The summed E-state index contributed by atoms with van der Waals surface area (Å²) in [5.74, 6) is 1.59. The third-order valence-corrected chi connectivity index (χ3v) is 2.76. The molecule has 0 saturated heterocycles. The number of aromatic amines is 1. The number of H-pyrrole nitrogens is 1. The Morgan fingerprint density at radius 3 is 2.90 bits per heavy atom. The van der Waals surface area contributed by atoms with E-state index < -0.39 is 0 Å². The summed E-state index contributed by atoms with van der Waals surface area (Å²) in [5.41, 5.74) is 1.81. The van der Waals surface area contributed by atoms with Crippen LogP contribution in [0.4, 0.5) is 0 Å². The van der Waals surface area contributed by atoms with E-state index >= 15 is 0 Å². The van der Waals surface area contributed by atoms with Crippen molar-refractivity contribution in [1.29, 1.82) is 0 Å². The van der Waals surface area contributed by atoms with Crippen LogP contribution in [0.5, 0.6) is 0 Å². The van der Waals surface area contributed by atoms with Crippen LogP contribution in [0.2, 0.25) is 0 Å². The van der Waals surface area contributed by atoms with Crippen molar-refractivity contribution in [3.05, 3.63) is 29.7 Å². The highest BCUT2D eigenvalue weighted by Crippen LogP contribution is 2.22. The van der Waals surface area contributed by atoms with E-state index in [0.717, 1.165) is 22.8 Å². The molecule has 2 aromatic heterocycles. The highest BCUT2D eigenvalue weighted by atomic mass is 16.3. The van der Waals surface area contributed by atoms with E-state index in [1.54, 1.807) is 6.20 Å². The molecule has 108 valence electrons. The first-order valence-corrected chi connectivity index (χ1v) is 6.65. The first kappa shape index (κ1) is 14.3. The number of rotatable bonds is 6. The maximum Gasteiger partial charge on any atom is 0.234 e. The molecule has 3 N–H and O–H groups in total. The van der Waals surface area contributed by atoms with Gasteiger partial charge in [-0.2, -0.15) is 5.10 Å². The summed E-state index contributed by atoms with van der Waals surface area (Å²) < 4.78 is 5.57. The minimum Gasteiger partial charge on any atom is -0.460 e. The minimum absolute atomic E-state index is 0.0149. The second-order valence-corrected chi connectivity index (χ2v) is 5.01. The van der Waals surface area contributed by atoms with Crippen molar-refractivity contribution in [2.45, 2.75) is 33.4 Å². The third-order valence-electron chi connectivity index (χ3n) is 2.76. The first-order valence-electron chi connectivity index (χ1n) is 6.65. The van der Waals surface area contributed by atoms with Crippen LogP contribution in [-0.2, 0) is 11.3 Å². The average molecular weight is 276 g/mol. The van der Waals surface area contributed by atoms with E-state index in [9.17, 15) is 4.79 Å². The van der Waals surface area contributed by atoms with E-state index in [-0.39, 0.29) is 18.5 Å². The Hall–Kier alpha value is -2.08. The largest absolute Gasteiger partial charge is 0.460 e. The van der Waals surface area contributed by atoms with Gasteiger partial charge in [-0.3, -0.25) is 9.89 Å². The molecule has 0 aliphatic carbocycles. The molecule has 0 unspecified atom stereocenters. The fourth-order valence-corrected chi connectivity index (χ4v) is 1.91. The molecule has 0 radical (unpaired) electrons. The van der Waals surface area contributed by atoms with E-state index in [1.165, 1.54) is 0 Å². The Morgan fingerprint density at radius 2 is 2.25 bits per heavy atom. The van der Waals surface area contributed by atoms with Gasteiger partial charge in [0.2, 0.25) is 5.91 Å². The maximum atomic E-state index is 11.5. The molecule has 0 aliphatic rings. The number of carbonyl (C=O) groups is 1. The standard InChI is InChI=1S/C14H20N4O2/c1-9(2)17-13(19)8-15-6-11-7-16-18-14(11)12-5-4-10(3)20-12/h4-5,7,9,15H,6,8H2,1-3H3,(H,16,18)(H,17,19). The summed E-state index contributed by atoms with van der Waals surface area (Å²) in [7, 11) is 0. The lowest BCUT2D eigenvalue weighted by Gasteiger charge is -2.09. The molecule has 0 aromatic carbocycles. The Kier molecular flexibility index (Phi) is 4.57. The summed E-state index contributed by atoms with van der Waals surface area (Å²) >= 11 is 0. The summed E-state index contributed by atoms with van der Waals surface area (Å²) in [6.45, 7) is 6.60. The predicted octanol–water partition coefficient (Wildman–Crippen LogP) is 1.59. The highest BCUT2D eigenvalue weighted by molar-refractivity contribution is 5.78. The van der Waals surface area contributed by atoms with Crippen LogP contribution >= 0.6 is 0 Å². The van der Waals surface area contributed by atoms with Gasteiger partial charge in [-0.25, -0.2) is 0 Å². The maximum absolute atomic E-state index is 11.5.